The maximum Gasteiger partial charge on any atom is 0.248 e. The molecule has 0 fully saturated rings. The molecule has 0 aliphatic rings. The zero-order valence-corrected chi connectivity index (χ0v) is 10.0. The summed E-state index contributed by atoms with van der Waals surface area (Å²) in [4.78, 5) is 11.4. The van der Waals surface area contributed by atoms with Gasteiger partial charge in [-0.3, -0.25) is 4.79 Å². The highest BCUT2D eigenvalue weighted by Crippen LogP contribution is 1.94. The van der Waals surface area contributed by atoms with Crippen molar-refractivity contribution in [2.45, 2.75) is 27.7 Å². The lowest BCUT2D eigenvalue weighted by atomic mass is 10.2. The number of amides is 1. The molecule has 0 aromatic heterocycles. The SMILES string of the molecule is CC=CC=C(C)C(=O)NCOCC(C)C. The molecule has 1 amide bonds. The largest absolute Gasteiger partial charge is 0.361 e. The Hall–Kier alpha value is -1.09. The van der Waals surface area contributed by atoms with E-state index >= 15 is 0 Å². The number of hydrogen-bond acceptors (Lipinski definition) is 2. The molecule has 0 aromatic carbocycles. The molecule has 0 aliphatic carbocycles. The van der Waals surface area contributed by atoms with Crippen molar-refractivity contribution in [3.05, 3.63) is 23.8 Å². The minimum absolute atomic E-state index is 0.0862. The van der Waals surface area contributed by atoms with E-state index < -0.39 is 0 Å². The molecule has 0 saturated heterocycles. The third-order valence-electron chi connectivity index (χ3n) is 1.68. The van der Waals surface area contributed by atoms with E-state index in [-0.39, 0.29) is 12.6 Å². The van der Waals surface area contributed by atoms with Crippen LogP contribution in [-0.4, -0.2) is 19.2 Å². The maximum absolute atomic E-state index is 11.4. The van der Waals surface area contributed by atoms with E-state index in [4.69, 9.17) is 4.74 Å². The highest BCUT2D eigenvalue weighted by molar-refractivity contribution is 5.92. The number of hydrogen-bond donors (Lipinski definition) is 1. The summed E-state index contributed by atoms with van der Waals surface area (Å²) in [5.74, 6) is 0.401. The van der Waals surface area contributed by atoms with E-state index in [0.29, 0.717) is 18.1 Å². The molecule has 0 aliphatic heterocycles. The van der Waals surface area contributed by atoms with Gasteiger partial charge in [0.2, 0.25) is 5.91 Å². The van der Waals surface area contributed by atoms with Crippen LogP contribution in [-0.2, 0) is 9.53 Å². The lowest BCUT2D eigenvalue weighted by Gasteiger charge is -2.08. The van der Waals surface area contributed by atoms with Gasteiger partial charge in [0.05, 0.1) is 6.61 Å². The first-order chi connectivity index (χ1) is 7.07. The molecule has 1 N–H and O–H groups in total. The average molecular weight is 211 g/mol. The van der Waals surface area contributed by atoms with Gasteiger partial charge in [-0.1, -0.05) is 32.1 Å². The normalized spacial score (nSPS) is 12.5. The van der Waals surface area contributed by atoms with Crippen LogP contribution in [0.2, 0.25) is 0 Å². The topological polar surface area (TPSA) is 38.3 Å². The van der Waals surface area contributed by atoms with Crippen molar-refractivity contribution in [2.24, 2.45) is 5.92 Å². The lowest BCUT2D eigenvalue weighted by Crippen LogP contribution is -2.27. The monoisotopic (exact) mass is 211 g/mol. The molecule has 0 spiro atoms. The number of rotatable bonds is 6. The molecule has 3 heteroatoms. The van der Waals surface area contributed by atoms with E-state index in [1.165, 1.54) is 0 Å². The fourth-order valence-corrected chi connectivity index (χ4v) is 0.867. The van der Waals surface area contributed by atoms with Gasteiger partial charge in [-0.05, 0) is 19.8 Å². The third-order valence-corrected chi connectivity index (χ3v) is 1.68. The van der Waals surface area contributed by atoms with E-state index in [9.17, 15) is 4.79 Å². The molecule has 0 rings (SSSR count). The predicted octanol–water partition coefficient (Wildman–Crippen LogP) is 2.26. The average Bonchev–Trinajstić information content (AvgIpc) is 2.20. The van der Waals surface area contributed by atoms with Crippen LogP contribution in [0.3, 0.4) is 0 Å². The Bertz CT molecular complexity index is 242. The zero-order valence-electron chi connectivity index (χ0n) is 10.0. The Morgan fingerprint density at radius 3 is 2.67 bits per heavy atom. The van der Waals surface area contributed by atoms with E-state index in [1.54, 1.807) is 13.0 Å². The first-order valence-corrected chi connectivity index (χ1v) is 5.23. The van der Waals surface area contributed by atoms with Crippen molar-refractivity contribution in [1.29, 1.82) is 0 Å². The van der Waals surface area contributed by atoms with Gasteiger partial charge < -0.3 is 10.1 Å². The highest BCUT2D eigenvalue weighted by atomic mass is 16.5. The number of nitrogens with one attached hydrogen (secondary N) is 1. The second-order valence-electron chi connectivity index (χ2n) is 3.79. The molecule has 86 valence electrons. The second kappa shape index (κ2) is 8.24. The highest BCUT2D eigenvalue weighted by Gasteiger charge is 2.01. The zero-order chi connectivity index (χ0) is 11.7. The van der Waals surface area contributed by atoms with Crippen molar-refractivity contribution < 1.29 is 9.53 Å². The van der Waals surface area contributed by atoms with Crippen molar-refractivity contribution in [3.8, 4) is 0 Å². The first-order valence-electron chi connectivity index (χ1n) is 5.23. The first kappa shape index (κ1) is 13.9. The van der Waals surface area contributed by atoms with Crippen molar-refractivity contribution >= 4 is 5.91 Å². The number of carbonyl (C=O) groups excluding carboxylic acids is 1. The van der Waals surface area contributed by atoms with Crippen LogP contribution in [0.1, 0.15) is 27.7 Å². The maximum atomic E-state index is 11.4. The molecule has 0 saturated carbocycles. The summed E-state index contributed by atoms with van der Waals surface area (Å²) in [6.07, 6.45) is 5.49. The number of allylic oxidation sites excluding steroid dienone is 3. The lowest BCUT2D eigenvalue weighted by molar-refractivity contribution is -0.119. The molecule has 0 radical (unpaired) electrons. The van der Waals surface area contributed by atoms with Crippen LogP contribution in [0.4, 0.5) is 0 Å². The summed E-state index contributed by atoms with van der Waals surface area (Å²) in [5.41, 5.74) is 0.682. The van der Waals surface area contributed by atoms with Crippen LogP contribution in [0, 0.1) is 5.92 Å². The van der Waals surface area contributed by atoms with Crippen LogP contribution in [0.25, 0.3) is 0 Å². The number of carbonyl (C=O) groups is 1. The van der Waals surface area contributed by atoms with Crippen molar-refractivity contribution in [3.63, 3.8) is 0 Å². The van der Waals surface area contributed by atoms with Crippen LogP contribution in [0.15, 0.2) is 23.8 Å². The summed E-state index contributed by atoms with van der Waals surface area (Å²) < 4.78 is 5.24. The van der Waals surface area contributed by atoms with Crippen molar-refractivity contribution in [2.75, 3.05) is 13.3 Å². The third kappa shape index (κ3) is 7.94. The predicted molar refractivity (Wildman–Crippen MR) is 62.4 cm³/mol. The van der Waals surface area contributed by atoms with Gasteiger partial charge in [0.25, 0.3) is 0 Å². The molecule has 0 aromatic rings. The Morgan fingerprint density at radius 1 is 1.47 bits per heavy atom. The molecule has 0 atom stereocenters. The molecular weight excluding hydrogens is 190 g/mol. The Kier molecular flexibility index (Phi) is 7.64. The smallest absolute Gasteiger partial charge is 0.248 e. The van der Waals surface area contributed by atoms with Gasteiger partial charge in [0, 0.05) is 5.57 Å². The summed E-state index contributed by atoms with van der Waals surface area (Å²) in [6.45, 7) is 8.76. The minimum atomic E-state index is -0.0862. The Labute approximate surface area is 92.2 Å². The summed E-state index contributed by atoms with van der Waals surface area (Å²) in [6, 6.07) is 0. The Morgan fingerprint density at radius 2 is 2.13 bits per heavy atom. The van der Waals surface area contributed by atoms with Gasteiger partial charge in [0.1, 0.15) is 6.73 Å². The quantitative estimate of drug-likeness (QED) is 0.317. The van der Waals surface area contributed by atoms with E-state index in [1.807, 2.05) is 19.1 Å². The fraction of sp³-hybridized carbons (Fsp3) is 0.583. The van der Waals surface area contributed by atoms with Crippen LogP contribution >= 0.6 is 0 Å². The van der Waals surface area contributed by atoms with Gasteiger partial charge in [-0.15, -0.1) is 0 Å². The molecule has 0 heterocycles. The van der Waals surface area contributed by atoms with Gasteiger partial charge in [-0.25, -0.2) is 0 Å². The molecule has 15 heavy (non-hydrogen) atoms. The summed E-state index contributed by atoms with van der Waals surface area (Å²) >= 11 is 0. The fourth-order valence-electron chi connectivity index (χ4n) is 0.867. The second-order valence-corrected chi connectivity index (χ2v) is 3.79. The Balaban J connectivity index is 3.74. The minimum Gasteiger partial charge on any atom is -0.361 e. The molecule has 0 bridgehead atoms. The van der Waals surface area contributed by atoms with Crippen molar-refractivity contribution in [1.82, 2.24) is 5.32 Å². The summed E-state index contributed by atoms with van der Waals surface area (Å²) in [7, 11) is 0. The van der Waals surface area contributed by atoms with Gasteiger partial charge >= 0.3 is 0 Å². The van der Waals surface area contributed by atoms with E-state index in [2.05, 4.69) is 19.2 Å². The van der Waals surface area contributed by atoms with Gasteiger partial charge in [-0.2, -0.15) is 0 Å². The standard InChI is InChI=1S/C12H21NO2/c1-5-6-7-11(4)12(14)13-9-15-8-10(2)3/h5-7,10H,8-9H2,1-4H3,(H,13,14). The van der Waals surface area contributed by atoms with Gasteiger partial charge in [0.15, 0.2) is 0 Å². The summed E-state index contributed by atoms with van der Waals surface area (Å²) in [5, 5.41) is 2.68. The van der Waals surface area contributed by atoms with Crippen LogP contribution < -0.4 is 5.32 Å². The number of ether oxygens (including phenoxy) is 1. The van der Waals surface area contributed by atoms with Crippen LogP contribution in [0.5, 0.6) is 0 Å². The molecule has 0 unspecified atom stereocenters. The molecule has 3 nitrogen and oxygen atoms in total. The molecular formula is C12H21NO2. The van der Waals surface area contributed by atoms with E-state index in [0.717, 1.165) is 0 Å².